The van der Waals surface area contributed by atoms with Crippen molar-refractivity contribution in [2.75, 3.05) is 6.61 Å². The van der Waals surface area contributed by atoms with Gasteiger partial charge < -0.3 is 4.74 Å². The molecule has 0 rings (SSSR count). The van der Waals surface area contributed by atoms with Crippen LogP contribution in [0, 0.1) is 0 Å². The van der Waals surface area contributed by atoms with Gasteiger partial charge >= 0.3 is 5.30 Å². The van der Waals surface area contributed by atoms with Crippen molar-refractivity contribution in [1.29, 1.82) is 0 Å². The average molecular weight is 176 g/mol. The Hall–Kier alpha value is -0.180. The highest BCUT2D eigenvalue weighted by Gasteiger charge is 2.21. The molecule has 0 unspecified atom stereocenters. The molecule has 0 amide bonds. The van der Waals surface area contributed by atoms with E-state index in [4.69, 9.17) is 4.74 Å². The van der Waals surface area contributed by atoms with Gasteiger partial charge in [-0.15, -0.1) is 0 Å². The third kappa shape index (κ3) is 5.13. The lowest BCUT2D eigenvalue weighted by atomic mass is 10.1. The summed E-state index contributed by atoms with van der Waals surface area (Å²) in [4.78, 5) is 11.0. The molecule has 66 valence electrons. The van der Waals surface area contributed by atoms with Gasteiger partial charge in [0.2, 0.25) is 0 Å². The Labute approximate surface area is 72.7 Å². The summed E-state index contributed by atoms with van der Waals surface area (Å²) in [6.07, 6.45) is 0.969. The molecule has 0 bridgehead atoms. The summed E-state index contributed by atoms with van der Waals surface area (Å²) in [6, 6.07) is 0. The van der Waals surface area contributed by atoms with Crippen molar-refractivity contribution >= 4 is 17.1 Å². The van der Waals surface area contributed by atoms with Gasteiger partial charge in [-0.3, -0.25) is 0 Å². The summed E-state index contributed by atoms with van der Waals surface area (Å²) >= 11 is 1.27. The molecular formula is C8H16O2S. The zero-order chi connectivity index (χ0) is 8.91. The van der Waals surface area contributed by atoms with Crippen LogP contribution in [0.1, 0.15) is 34.1 Å². The van der Waals surface area contributed by atoms with Crippen LogP contribution in [-0.4, -0.2) is 16.7 Å². The Bertz CT molecular complexity index is 132. The number of rotatable bonds is 3. The first-order valence-electron chi connectivity index (χ1n) is 3.87. The molecule has 0 atom stereocenters. The quantitative estimate of drug-likeness (QED) is 0.618. The van der Waals surface area contributed by atoms with Gasteiger partial charge in [-0.25, -0.2) is 4.79 Å². The fraction of sp³-hybridized carbons (Fsp3) is 0.875. The summed E-state index contributed by atoms with van der Waals surface area (Å²) in [7, 11) is 0. The fourth-order valence-electron chi connectivity index (χ4n) is 0.445. The van der Waals surface area contributed by atoms with Crippen LogP contribution in [0.25, 0.3) is 0 Å². The Morgan fingerprint density at radius 2 is 2.00 bits per heavy atom. The third-order valence-electron chi connectivity index (χ3n) is 1.47. The van der Waals surface area contributed by atoms with Crippen molar-refractivity contribution in [1.82, 2.24) is 0 Å². The molecular weight excluding hydrogens is 160 g/mol. The monoisotopic (exact) mass is 176 g/mol. The van der Waals surface area contributed by atoms with E-state index in [0.29, 0.717) is 6.61 Å². The summed E-state index contributed by atoms with van der Waals surface area (Å²) in [6.45, 7) is 8.42. The van der Waals surface area contributed by atoms with E-state index < -0.39 is 0 Å². The minimum atomic E-state index is -0.167. The number of hydrogen-bond donors (Lipinski definition) is 0. The molecule has 0 N–H and O–H groups in total. The molecule has 0 radical (unpaired) electrons. The van der Waals surface area contributed by atoms with Crippen LogP contribution in [0.15, 0.2) is 0 Å². The van der Waals surface area contributed by atoms with Gasteiger partial charge in [0.05, 0.1) is 6.61 Å². The van der Waals surface area contributed by atoms with E-state index in [1.54, 1.807) is 0 Å². The second-order valence-electron chi connectivity index (χ2n) is 2.90. The van der Waals surface area contributed by atoms with Crippen LogP contribution in [0.5, 0.6) is 0 Å². The molecule has 0 aliphatic heterocycles. The minimum Gasteiger partial charge on any atom is -0.458 e. The molecule has 0 saturated heterocycles. The second kappa shape index (κ2) is 4.65. The number of thioether (sulfide) groups is 1. The zero-order valence-corrected chi connectivity index (χ0v) is 8.46. The van der Waals surface area contributed by atoms with E-state index in [2.05, 4.69) is 6.92 Å². The molecule has 0 aromatic rings. The maximum atomic E-state index is 11.0. The molecule has 2 nitrogen and oxygen atoms in total. The molecule has 0 aliphatic rings. The summed E-state index contributed by atoms with van der Waals surface area (Å²) in [5.74, 6) is 0. The van der Waals surface area contributed by atoms with Crippen LogP contribution in [-0.2, 0) is 4.74 Å². The van der Waals surface area contributed by atoms with Crippen molar-refractivity contribution in [3.8, 4) is 0 Å². The number of carbonyl (C=O) groups excluding carboxylic acids is 1. The van der Waals surface area contributed by atoms with Gasteiger partial charge in [-0.05, 0) is 25.1 Å². The number of carbonyl (C=O) groups is 1. The van der Waals surface area contributed by atoms with E-state index in [9.17, 15) is 4.79 Å². The first kappa shape index (κ1) is 10.8. The van der Waals surface area contributed by atoms with E-state index in [1.807, 2.05) is 20.8 Å². The molecule has 0 aliphatic carbocycles. The van der Waals surface area contributed by atoms with Crippen LogP contribution < -0.4 is 0 Å². The van der Waals surface area contributed by atoms with Gasteiger partial charge in [0.15, 0.2) is 0 Å². The SMILES string of the molecule is CCOC(=O)SC(C)(C)CC. The molecule has 0 fully saturated rings. The summed E-state index contributed by atoms with van der Waals surface area (Å²) < 4.78 is 4.81. The third-order valence-corrected chi connectivity index (χ3v) is 2.60. The Balaban J connectivity index is 3.74. The average Bonchev–Trinajstić information content (AvgIpc) is 1.87. The standard InChI is InChI=1S/C8H16O2S/c1-5-8(3,4)11-7(9)10-6-2/h5-6H2,1-4H3. The summed E-state index contributed by atoms with van der Waals surface area (Å²) in [5, 5.41) is -0.167. The first-order valence-corrected chi connectivity index (χ1v) is 4.69. The van der Waals surface area contributed by atoms with Crippen LogP contribution in [0.3, 0.4) is 0 Å². The first-order chi connectivity index (χ1) is 5.02. The van der Waals surface area contributed by atoms with E-state index in [0.717, 1.165) is 6.42 Å². The molecule has 0 aromatic carbocycles. The zero-order valence-electron chi connectivity index (χ0n) is 7.64. The van der Waals surface area contributed by atoms with E-state index in [1.165, 1.54) is 11.8 Å². The largest absolute Gasteiger partial charge is 0.458 e. The Kier molecular flexibility index (Phi) is 4.57. The second-order valence-corrected chi connectivity index (χ2v) is 4.54. The topological polar surface area (TPSA) is 26.3 Å². The van der Waals surface area contributed by atoms with Crippen LogP contribution in [0.4, 0.5) is 4.79 Å². The Morgan fingerprint density at radius 3 is 2.36 bits per heavy atom. The molecule has 0 saturated carbocycles. The molecule has 0 spiro atoms. The fourth-order valence-corrected chi connectivity index (χ4v) is 1.22. The highest BCUT2D eigenvalue weighted by Crippen LogP contribution is 2.28. The number of ether oxygens (including phenoxy) is 1. The lowest BCUT2D eigenvalue weighted by Crippen LogP contribution is -2.16. The van der Waals surface area contributed by atoms with Crippen LogP contribution >= 0.6 is 11.8 Å². The maximum absolute atomic E-state index is 11.0. The highest BCUT2D eigenvalue weighted by atomic mass is 32.2. The minimum absolute atomic E-state index is 0.00620. The molecule has 0 aromatic heterocycles. The van der Waals surface area contributed by atoms with Crippen molar-refractivity contribution < 1.29 is 9.53 Å². The molecule has 0 heterocycles. The van der Waals surface area contributed by atoms with Gasteiger partial charge in [-0.1, -0.05) is 20.8 Å². The van der Waals surface area contributed by atoms with Gasteiger partial charge in [-0.2, -0.15) is 0 Å². The normalized spacial score (nSPS) is 11.3. The van der Waals surface area contributed by atoms with Crippen molar-refractivity contribution in [2.24, 2.45) is 0 Å². The van der Waals surface area contributed by atoms with E-state index >= 15 is 0 Å². The predicted octanol–water partition coefficient (Wildman–Crippen LogP) is 3.06. The van der Waals surface area contributed by atoms with E-state index in [-0.39, 0.29) is 10.0 Å². The van der Waals surface area contributed by atoms with Crippen molar-refractivity contribution in [2.45, 2.75) is 38.9 Å². The van der Waals surface area contributed by atoms with Crippen LogP contribution in [0.2, 0.25) is 0 Å². The smallest absolute Gasteiger partial charge is 0.367 e. The van der Waals surface area contributed by atoms with Gasteiger partial charge in [0.25, 0.3) is 0 Å². The molecule has 3 heteroatoms. The van der Waals surface area contributed by atoms with Gasteiger partial charge in [0, 0.05) is 4.75 Å². The summed E-state index contributed by atoms with van der Waals surface area (Å²) in [5.41, 5.74) is 0. The van der Waals surface area contributed by atoms with Crippen molar-refractivity contribution in [3.63, 3.8) is 0 Å². The Morgan fingerprint density at radius 1 is 1.45 bits per heavy atom. The van der Waals surface area contributed by atoms with Crippen molar-refractivity contribution in [3.05, 3.63) is 0 Å². The predicted molar refractivity (Wildman–Crippen MR) is 49.0 cm³/mol. The lowest BCUT2D eigenvalue weighted by molar-refractivity contribution is 0.181. The molecule has 11 heavy (non-hydrogen) atoms. The highest BCUT2D eigenvalue weighted by molar-refractivity contribution is 8.14. The number of hydrogen-bond acceptors (Lipinski definition) is 3. The van der Waals surface area contributed by atoms with Gasteiger partial charge in [0.1, 0.15) is 0 Å². The maximum Gasteiger partial charge on any atom is 0.367 e. The lowest BCUT2D eigenvalue weighted by Gasteiger charge is -2.19.